The molecule has 3 fully saturated rings. The summed E-state index contributed by atoms with van der Waals surface area (Å²) >= 11 is 0. The van der Waals surface area contributed by atoms with E-state index in [1.54, 1.807) is 14.2 Å². The van der Waals surface area contributed by atoms with Crippen LogP contribution in [-0.4, -0.2) is 55.6 Å². The van der Waals surface area contributed by atoms with E-state index in [2.05, 4.69) is 9.80 Å². The normalized spacial score (nSPS) is 26.8. The van der Waals surface area contributed by atoms with E-state index in [4.69, 9.17) is 9.47 Å². The molecule has 2 saturated heterocycles. The molecule has 1 atom stereocenters. The van der Waals surface area contributed by atoms with Gasteiger partial charge in [0.25, 0.3) is 0 Å². The first-order valence-electron chi connectivity index (χ1n) is 10.9. The number of carbonyl (C=O) groups excluding carboxylic acids is 1. The van der Waals surface area contributed by atoms with E-state index in [1.807, 2.05) is 18.2 Å². The van der Waals surface area contributed by atoms with Gasteiger partial charge in [0.1, 0.15) is 11.5 Å². The highest BCUT2D eigenvalue weighted by atomic mass is 16.5. The highest BCUT2D eigenvalue weighted by Crippen LogP contribution is 2.43. The maximum Gasteiger partial charge on any atom is 0.230 e. The van der Waals surface area contributed by atoms with Crippen LogP contribution in [-0.2, 0) is 11.3 Å². The first-order chi connectivity index (χ1) is 13.7. The lowest BCUT2D eigenvalue weighted by molar-refractivity contribution is -0.149. The van der Waals surface area contributed by atoms with Gasteiger partial charge in [-0.05, 0) is 50.8 Å². The maximum atomic E-state index is 13.5. The van der Waals surface area contributed by atoms with Gasteiger partial charge in [-0.3, -0.25) is 9.69 Å². The van der Waals surface area contributed by atoms with Crippen LogP contribution in [0.3, 0.4) is 0 Å². The van der Waals surface area contributed by atoms with Gasteiger partial charge in [0.2, 0.25) is 5.91 Å². The number of rotatable bonds is 5. The summed E-state index contributed by atoms with van der Waals surface area (Å²) in [6.07, 6.45) is 9.45. The predicted octanol–water partition coefficient (Wildman–Crippen LogP) is 3.85. The Hall–Kier alpha value is -1.75. The van der Waals surface area contributed by atoms with Crippen molar-refractivity contribution in [3.8, 4) is 11.5 Å². The molecule has 0 unspecified atom stereocenters. The van der Waals surface area contributed by atoms with E-state index < -0.39 is 0 Å². The van der Waals surface area contributed by atoms with E-state index >= 15 is 0 Å². The SMILES string of the molecule is COc1cccc(OC)c1CN1CC[C@@]2(CCCN(C3CCCCC3)C2=O)C1. The van der Waals surface area contributed by atoms with Crippen molar-refractivity contribution in [2.45, 2.75) is 64.0 Å². The Balaban J connectivity index is 1.48. The first kappa shape index (κ1) is 19.6. The minimum Gasteiger partial charge on any atom is -0.496 e. The second kappa shape index (κ2) is 8.32. The fraction of sp³-hybridized carbons (Fsp3) is 0.696. The minimum absolute atomic E-state index is 0.176. The van der Waals surface area contributed by atoms with Crippen molar-refractivity contribution < 1.29 is 14.3 Å². The van der Waals surface area contributed by atoms with Gasteiger partial charge in [0.15, 0.2) is 0 Å². The van der Waals surface area contributed by atoms with Crippen LogP contribution in [0.25, 0.3) is 0 Å². The van der Waals surface area contributed by atoms with Gasteiger partial charge in [-0.2, -0.15) is 0 Å². The van der Waals surface area contributed by atoms with Crippen LogP contribution >= 0.6 is 0 Å². The number of hydrogen-bond acceptors (Lipinski definition) is 4. The molecule has 1 spiro atoms. The van der Waals surface area contributed by atoms with Crippen LogP contribution in [0.1, 0.15) is 56.9 Å². The largest absolute Gasteiger partial charge is 0.496 e. The van der Waals surface area contributed by atoms with Gasteiger partial charge in [-0.15, -0.1) is 0 Å². The van der Waals surface area contributed by atoms with Crippen LogP contribution in [0.2, 0.25) is 0 Å². The summed E-state index contributed by atoms with van der Waals surface area (Å²) in [6, 6.07) is 6.42. The van der Waals surface area contributed by atoms with Crippen LogP contribution in [0, 0.1) is 5.41 Å². The molecule has 2 aliphatic heterocycles. The lowest BCUT2D eigenvalue weighted by Gasteiger charge is -2.44. The Morgan fingerprint density at radius 1 is 1.00 bits per heavy atom. The summed E-state index contributed by atoms with van der Waals surface area (Å²) in [7, 11) is 3.41. The van der Waals surface area contributed by atoms with Gasteiger partial charge in [-0.1, -0.05) is 25.3 Å². The van der Waals surface area contributed by atoms with Crippen molar-refractivity contribution in [2.24, 2.45) is 5.41 Å². The van der Waals surface area contributed by atoms with Crippen molar-refractivity contribution in [3.05, 3.63) is 23.8 Å². The molecule has 0 N–H and O–H groups in total. The molecule has 1 aromatic rings. The van der Waals surface area contributed by atoms with Crippen LogP contribution < -0.4 is 9.47 Å². The first-order valence-corrected chi connectivity index (χ1v) is 10.9. The quantitative estimate of drug-likeness (QED) is 0.771. The molecule has 5 heteroatoms. The van der Waals surface area contributed by atoms with Gasteiger partial charge < -0.3 is 14.4 Å². The fourth-order valence-corrected chi connectivity index (χ4v) is 5.62. The van der Waals surface area contributed by atoms with Gasteiger partial charge in [0.05, 0.1) is 25.2 Å². The van der Waals surface area contributed by atoms with E-state index in [-0.39, 0.29) is 5.41 Å². The van der Waals surface area contributed by atoms with Crippen molar-refractivity contribution in [1.29, 1.82) is 0 Å². The summed E-state index contributed by atoms with van der Waals surface area (Å²) in [6.45, 7) is 3.55. The van der Waals surface area contributed by atoms with Crippen molar-refractivity contribution in [3.63, 3.8) is 0 Å². The third-order valence-corrected chi connectivity index (χ3v) is 7.13. The highest BCUT2D eigenvalue weighted by Gasteiger charge is 2.49. The summed E-state index contributed by atoms with van der Waals surface area (Å²) in [4.78, 5) is 18.2. The average molecular weight is 387 g/mol. The zero-order valence-electron chi connectivity index (χ0n) is 17.4. The number of benzene rings is 1. The molecule has 3 aliphatic rings. The molecule has 0 bridgehead atoms. The maximum absolute atomic E-state index is 13.5. The Labute approximate surface area is 169 Å². The Bertz CT molecular complexity index is 679. The van der Waals surface area contributed by atoms with Gasteiger partial charge >= 0.3 is 0 Å². The molecule has 28 heavy (non-hydrogen) atoms. The summed E-state index contributed by atoms with van der Waals surface area (Å²) in [5, 5.41) is 0. The molecule has 5 nitrogen and oxygen atoms in total. The van der Waals surface area contributed by atoms with Crippen molar-refractivity contribution in [1.82, 2.24) is 9.80 Å². The number of carbonyl (C=O) groups is 1. The third kappa shape index (κ3) is 3.61. The monoisotopic (exact) mass is 386 g/mol. The number of nitrogens with zero attached hydrogens (tertiary/aromatic N) is 2. The van der Waals surface area contributed by atoms with Gasteiger partial charge in [-0.25, -0.2) is 0 Å². The van der Waals surface area contributed by atoms with Crippen molar-refractivity contribution in [2.75, 3.05) is 33.9 Å². The summed E-state index contributed by atoms with van der Waals surface area (Å²) < 4.78 is 11.1. The third-order valence-electron chi connectivity index (χ3n) is 7.13. The molecule has 1 aliphatic carbocycles. The molecule has 2 heterocycles. The topological polar surface area (TPSA) is 42.0 Å². The zero-order valence-corrected chi connectivity index (χ0v) is 17.4. The molecule has 154 valence electrons. The van der Waals surface area contributed by atoms with E-state index in [9.17, 15) is 4.79 Å². The number of amides is 1. The summed E-state index contributed by atoms with van der Waals surface area (Å²) in [5.41, 5.74) is 0.905. The highest BCUT2D eigenvalue weighted by molar-refractivity contribution is 5.84. The number of piperidine rings is 1. The Morgan fingerprint density at radius 3 is 2.39 bits per heavy atom. The zero-order chi connectivity index (χ0) is 19.6. The van der Waals surface area contributed by atoms with Crippen molar-refractivity contribution >= 4 is 5.91 Å². The minimum atomic E-state index is -0.176. The Morgan fingerprint density at radius 2 is 1.71 bits per heavy atom. The van der Waals surface area contributed by atoms with E-state index in [0.717, 1.165) is 62.5 Å². The standard InChI is InChI=1S/C23H34N2O3/c1-27-20-10-6-11-21(28-2)19(20)16-24-15-13-23(17-24)12-7-14-25(22(23)26)18-8-4-3-5-9-18/h6,10-11,18H,3-5,7-9,12-17H2,1-2H3/t23-/m0/s1. The lowest BCUT2D eigenvalue weighted by atomic mass is 9.77. The number of likely N-dealkylation sites (tertiary alicyclic amines) is 2. The second-order valence-corrected chi connectivity index (χ2v) is 8.78. The smallest absolute Gasteiger partial charge is 0.230 e. The number of methoxy groups -OCH3 is 2. The van der Waals surface area contributed by atoms with Crippen LogP contribution in [0.5, 0.6) is 11.5 Å². The molecule has 0 aromatic heterocycles. The molecular weight excluding hydrogens is 352 g/mol. The second-order valence-electron chi connectivity index (χ2n) is 8.78. The van der Waals surface area contributed by atoms with Crippen LogP contribution in [0.15, 0.2) is 18.2 Å². The Kier molecular flexibility index (Phi) is 5.81. The van der Waals surface area contributed by atoms with E-state index in [1.165, 1.54) is 32.1 Å². The van der Waals surface area contributed by atoms with Crippen LogP contribution in [0.4, 0.5) is 0 Å². The summed E-state index contributed by atoms with van der Waals surface area (Å²) in [5.74, 6) is 2.15. The molecular formula is C23H34N2O3. The molecule has 0 radical (unpaired) electrons. The fourth-order valence-electron chi connectivity index (χ4n) is 5.62. The molecule has 1 amide bonds. The number of hydrogen-bond donors (Lipinski definition) is 0. The predicted molar refractivity (Wildman–Crippen MR) is 110 cm³/mol. The van der Waals surface area contributed by atoms with E-state index in [0.29, 0.717) is 11.9 Å². The number of ether oxygens (including phenoxy) is 2. The molecule has 1 aromatic carbocycles. The molecule has 4 rings (SSSR count). The lowest BCUT2D eigenvalue weighted by Crippen LogP contribution is -2.54. The molecule has 1 saturated carbocycles. The average Bonchev–Trinajstić information content (AvgIpc) is 3.14. The van der Waals surface area contributed by atoms with Gasteiger partial charge in [0, 0.05) is 25.7 Å².